The normalized spacial score (nSPS) is 16.0. The fourth-order valence-electron chi connectivity index (χ4n) is 4.19. The van der Waals surface area contributed by atoms with Gasteiger partial charge in [-0.15, -0.1) is 0 Å². The molecule has 34 heavy (non-hydrogen) atoms. The predicted octanol–water partition coefficient (Wildman–Crippen LogP) is 5.95. The number of benzene rings is 3. The Morgan fingerprint density at radius 1 is 0.912 bits per heavy atom. The highest BCUT2D eigenvalue weighted by Gasteiger charge is 2.15. The van der Waals surface area contributed by atoms with Gasteiger partial charge >= 0.3 is 0 Å². The van der Waals surface area contributed by atoms with E-state index in [1.165, 1.54) is 23.3 Å². The quantitative estimate of drug-likeness (QED) is 0.310. The fourth-order valence-corrected chi connectivity index (χ4v) is 4.19. The van der Waals surface area contributed by atoms with E-state index in [1.54, 1.807) is 12.4 Å². The topological polar surface area (TPSA) is 45.5 Å². The molecule has 0 N–H and O–H groups in total. The molecule has 5 nitrogen and oxygen atoms in total. The van der Waals surface area contributed by atoms with Crippen LogP contribution in [0.15, 0.2) is 73.1 Å². The van der Waals surface area contributed by atoms with Crippen molar-refractivity contribution in [2.45, 2.75) is 44.9 Å². The number of aromatic nitrogens is 2. The first-order valence-electron chi connectivity index (χ1n) is 11.9. The highest BCUT2D eigenvalue weighted by molar-refractivity contribution is 5.75. The molecule has 0 saturated carbocycles. The first-order chi connectivity index (χ1) is 16.7. The zero-order chi connectivity index (χ0) is 23.2. The summed E-state index contributed by atoms with van der Waals surface area (Å²) in [6.07, 6.45) is 6.58. The van der Waals surface area contributed by atoms with E-state index in [0.717, 1.165) is 62.3 Å². The van der Waals surface area contributed by atoms with Gasteiger partial charge in [-0.2, -0.15) is 0 Å². The Bertz CT molecular complexity index is 1200. The number of aryl methyl sites for hydroxylation is 2. The summed E-state index contributed by atoms with van der Waals surface area (Å²) in [6.45, 7) is 2.18. The van der Waals surface area contributed by atoms with Gasteiger partial charge in [-0.3, -0.25) is 0 Å². The lowest BCUT2D eigenvalue weighted by Gasteiger charge is -2.23. The third kappa shape index (κ3) is 5.75. The van der Waals surface area contributed by atoms with Gasteiger partial charge in [-0.1, -0.05) is 24.3 Å². The largest absolute Gasteiger partial charge is 0.493 e. The number of rotatable bonds is 9. The van der Waals surface area contributed by atoms with Crippen LogP contribution in [0.2, 0.25) is 0 Å². The minimum absolute atomic E-state index is 0.116. The van der Waals surface area contributed by atoms with Crippen LogP contribution in [-0.2, 0) is 24.1 Å². The van der Waals surface area contributed by atoms with Gasteiger partial charge in [0.2, 0.25) is 0 Å². The van der Waals surface area contributed by atoms with Gasteiger partial charge in [0, 0.05) is 25.5 Å². The number of imidazole rings is 1. The number of ether oxygens (including phenoxy) is 3. The highest BCUT2D eigenvalue weighted by Crippen LogP contribution is 2.20. The summed E-state index contributed by atoms with van der Waals surface area (Å²) >= 11 is 0. The average Bonchev–Trinajstić information content (AvgIpc) is 3.27. The van der Waals surface area contributed by atoms with Crippen LogP contribution in [0.5, 0.6) is 11.5 Å². The number of fused-ring (bicyclic) bond motifs is 1. The van der Waals surface area contributed by atoms with Crippen molar-refractivity contribution in [1.82, 2.24) is 9.55 Å². The Morgan fingerprint density at radius 2 is 1.68 bits per heavy atom. The molecule has 1 aromatic heterocycles. The molecular weight excluding hydrogens is 431 g/mol. The molecule has 1 saturated heterocycles. The lowest BCUT2D eigenvalue weighted by atomic mass is 10.1. The maximum Gasteiger partial charge on any atom is 0.199 e. The van der Waals surface area contributed by atoms with Gasteiger partial charge < -0.3 is 18.8 Å². The van der Waals surface area contributed by atoms with Crippen LogP contribution in [0.1, 0.15) is 30.4 Å². The SMILES string of the molecule is Fc1ccc2c(c1)ncn2CCc1ccc(OCCc2ccc(OC3CCCCO3)cc2)cc1. The van der Waals surface area contributed by atoms with Crippen LogP contribution in [0, 0.1) is 5.82 Å². The van der Waals surface area contributed by atoms with Crippen LogP contribution < -0.4 is 9.47 Å². The average molecular weight is 461 g/mol. The van der Waals surface area contributed by atoms with Crippen LogP contribution >= 0.6 is 0 Å². The fraction of sp³-hybridized carbons (Fsp3) is 0.321. The summed E-state index contributed by atoms with van der Waals surface area (Å²) in [6, 6.07) is 21.1. The van der Waals surface area contributed by atoms with E-state index in [9.17, 15) is 4.39 Å². The molecule has 4 aromatic rings. The third-order valence-electron chi connectivity index (χ3n) is 6.14. The second-order valence-electron chi connectivity index (χ2n) is 8.62. The number of hydrogen-bond donors (Lipinski definition) is 0. The standard InChI is InChI=1S/C28H29FN2O3/c29-23-8-13-27-26(19-23)30-20-31(27)16-14-21-4-9-24(10-5-21)32-18-15-22-6-11-25(12-7-22)34-28-3-1-2-17-33-28/h4-13,19-20,28H,1-3,14-18H2. The zero-order valence-corrected chi connectivity index (χ0v) is 19.2. The second-order valence-corrected chi connectivity index (χ2v) is 8.62. The summed E-state index contributed by atoms with van der Waals surface area (Å²) < 4.78 is 32.9. The van der Waals surface area contributed by atoms with E-state index in [4.69, 9.17) is 14.2 Å². The highest BCUT2D eigenvalue weighted by atomic mass is 19.1. The van der Waals surface area contributed by atoms with E-state index >= 15 is 0 Å². The summed E-state index contributed by atoms with van der Waals surface area (Å²) in [5.74, 6) is 1.45. The predicted molar refractivity (Wildman–Crippen MR) is 130 cm³/mol. The zero-order valence-electron chi connectivity index (χ0n) is 19.2. The Kier molecular flexibility index (Phi) is 7.05. The van der Waals surface area contributed by atoms with Gasteiger partial charge in [-0.25, -0.2) is 9.37 Å². The Hall–Kier alpha value is -3.38. The Morgan fingerprint density at radius 3 is 2.44 bits per heavy atom. The molecule has 6 heteroatoms. The molecule has 1 aliphatic heterocycles. The van der Waals surface area contributed by atoms with E-state index in [0.29, 0.717) is 12.1 Å². The molecule has 3 aromatic carbocycles. The molecule has 2 heterocycles. The van der Waals surface area contributed by atoms with Crippen LogP contribution in [0.3, 0.4) is 0 Å². The summed E-state index contributed by atoms with van der Waals surface area (Å²) in [5, 5.41) is 0. The molecule has 1 aliphatic rings. The molecule has 0 bridgehead atoms. The molecule has 1 unspecified atom stereocenters. The minimum Gasteiger partial charge on any atom is -0.493 e. The van der Waals surface area contributed by atoms with E-state index < -0.39 is 0 Å². The van der Waals surface area contributed by atoms with Crippen molar-refractivity contribution in [2.75, 3.05) is 13.2 Å². The molecule has 1 atom stereocenters. The maximum atomic E-state index is 13.3. The molecule has 0 radical (unpaired) electrons. The first kappa shape index (κ1) is 22.4. The van der Waals surface area contributed by atoms with Gasteiger partial charge in [-0.05, 0) is 66.8 Å². The monoisotopic (exact) mass is 460 g/mol. The smallest absolute Gasteiger partial charge is 0.199 e. The lowest BCUT2D eigenvalue weighted by Crippen LogP contribution is -2.24. The van der Waals surface area contributed by atoms with Crippen molar-refractivity contribution < 1.29 is 18.6 Å². The molecule has 0 spiro atoms. The Balaban J connectivity index is 1.06. The molecule has 5 rings (SSSR count). The number of hydrogen-bond acceptors (Lipinski definition) is 4. The van der Waals surface area contributed by atoms with E-state index in [2.05, 4.69) is 33.8 Å². The van der Waals surface area contributed by atoms with Gasteiger partial charge in [0.05, 0.1) is 30.6 Å². The second kappa shape index (κ2) is 10.7. The van der Waals surface area contributed by atoms with Crippen molar-refractivity contribution in [2.24, 2.45) is 0 Å². The van der Waals surface area contributed by atoms with Gasteiger partial charge in [0.25, 0.3) is 0 Å². The van der Waals surface area contributed by atoms with Gasteiger partial charge in [0.15, 0.2) is 6.29 Å². The third-order valence-corrected chi connectivity index (χ3v) is 6.14. The molecule has 0 aliphatic carbocycles. The van der Waals surface area contributed by atoms with Crippen molar-refractivity contribution in [3.8, 4) is 11.5 Å². The molecule has 0 amide bonds. The molecular formula is C28H29FN2O3. The number of nitrogens with zero attached hydrogens (tertiary/aromatic N) is 2. The lowest BCUT2D eigenvalue weighted by molar-refractivity contribution is -0.105. The molecule has 1 fully saturated rings. The Labute approximate surface area is 199 Å². The van der Waals surface area contributed by atoms with Crippen LogP contribution in [0.4, 0.5) is 4.39 Å². The van der Waals surface area contributed by atoms with Crippen molar-refractivity contribution in [3.63, 3.8) is 0 Å². The van der Waals surface area contributed by atoms with Crippen molar-refractivity contribution in [3.05, 3.63) is 90.0 Å². The van der Waals surface area contributed by atoms with E-state index in [1.807, 2.05) is 24.3 Å². The summed E-state index contributed by atoms with van der Waals surface area (Å²) in [4.78, 5) is 4.29. The molecule has 176 valence electrons. The van der Waals surface area contributed by atoms with Crippen LogP contribution in [-0.4, -0.2) is 29.1 Å². The first-order valence-corrected chi connectivity index (χ1v) is 11.9. The number of halogens is 1. The minimum atomic E-state index is -0.260. The summed E-state index contributed by atoms with van der Waals surface area (Å²) in [7, 11) is 0. The van der Waals surface area contributed by atoms with Crippen molar-refractivity contribution in [1.29, 1.82) is 0 Å². The maximum absolute atomic E-state index is 13.3. The van der Waals surface area contributed by atoms with Crippen LogP contribution in [0.25, 0.3) is 11.0 Å². The van der Waals surface area contributed by atoms with Gasteiger partial charge in [0.1, 0.15) is 17.3 Å². The van der Waals surface area contributed by atoms with E-state index in [-0.39, 0.29) is 12.1 Å². The summed E-state index contributed by atoms with van der Waals surface area (Å²) in [5.41, 5.74) is 4.06. The van der Waals surface area contributed by atoms with Crippen molar-refractivity contribution >= 4 is 11.0 Å².